The topological polar surface area (TPSA) is 61.0 Å². The summed E-state index contributed by atoms with van der Waals surface area (Å²) >= 11 is 0. The first-order valence-corrected chi connectivity index (χ1v) is 7.18. The largest absolute Gasteiger partial charge is 0.338 e. The molecule has 5 heteroatoms. The first kappa shape index (κ1) is 13.9. The first-order valence-electron chi connectivity index (χ1n) is 7.18. The van der Waals surface area contributed by atoms with Crippen LogP contribution in [0.2, 0.25) is 0 Å². The van der Waals surface area contributed by atoms with Crippen molar-refractivity contribution in [3.8, 4) is 0 Å². The molecular formula is C14H24N4O. The zero-order chi connectivity index (χ0) is 13.7. The van der Waals surface area contributed by atoms with E-state index in [0.29, 0.717) is 5.92 Å². The molecule has 0 radical (unpaired) electrons. The van der Waals surface area contributed by atoms with Gasteiger partial charge in [-0.3, -0.25) is 5.10 Å². The van der Waals surface area contributed by atoms with Gasteiger partial charge in [-0.25, -0.2) is 4.79 Å². The van der Waals surface area contributed by atoms with Crippen molar-refractivity contribution < 1.29 is 4.79 Å². The third-order valence-corrected chi connectivity index (χ3v) is 3.78. The Bertz CT molecular complexity index is 415. The summed E-state index contributed by atoms with van der Waals surface area (Å²) in [6, 6.07) is 0.0930. The maximum absolute atomic E-state index is 12.0. The second-order valence-electron chi connectivity index (χ2n) is 5.55. The molecule has 2 heterocycles. The van der Waals surface area contributed by atoms with E-state index in [2.05, 4.69) is 22.4 Å². The van der Waals surface area contributed by atoms with Crippen LogP contribution in [0.15, 0.2) is 6.20 Å². The molecule has 0 spiro atoms. The Hall–Kier alpha value is -1.52. The van der Waals surface area contributed by atoms with Crippen LogP contribution in [0.25, 0.3) is 0 Å². The molecule has 0 bridgehead atoms. The van der Waals surface area contributed by atoms with E-state index < -0.39 is 0 Å². The lowest BCUT2D eigenvalue weighted by atomic mass is 10.0. The van der Waals surface area contributed by atoms with E-state index in [4.69, 9.17) is 0 Å². The normalized spacial score (nSPS) is 19.5. The van der Waals surface area contributed by atoms with Crippen molar-refractivity contribution in [2.24, 2.45) is 5.92 Å². The van der Waals surface area contributed by atoms with E-state index in [9.17, 15) is 4.79 Å². The number of aromatic nitrogens is 2. The number of carbonyl (C=O) groups excluding carboxylic acids is 1. The number of H-pyrrole nitrogens is 1. The standard InChI is InChI=1S/C14H24N4O/c1-11-5-4-8-18(10-11)14(19)15-7-3-6-13-9-16-17-12(13)2/h9,11H,3-8,10H2,1-2H3,(H,15,19)(H,16,17). The second-order valence-corrected chi connectivity index (χ2v) is 5.55. The molecule has 0 aromatic carbocycles. The summed E-state index contributed by atoms with van der Waals surface area (Å²) in [4.78, 5) is 13.9. The van der Waals surface area contributed by atoms with Crippen molar-refractivity contribution in [2.75, 3.05) is 19.6 Å². The summed E-state index contributed by atoms with van der Waals surface area (Å²) in [5.41, 5.74) is 2.36. The molecule has 2 amide bonds. The number of carbonyl (C=O) groups is 1. The third-order valence-electron chi connectivity index (χ3n) is 3.78. The molecule has 1 aliphatic heterocycles. The minimum absolute atomic E-state index is 0.0930. The van der Waals surface area contributed by atoms with Crippen molar-refractivity contribution in [3.63, 3.8) is 0 Å². The summed E-state index contributed by atoms with van der Waals surface area (Å²) in [6.07, 6.45) is 6.14. The van der Waals surface area contributed by atoms with Gasteiger partial charge in [0, 0.05) is 25.3 Å². The van der Waals surface area contributed by atoms with Crippen LogP contribution >= 0.6 is 0 Å². The number of amides is 2. The molecule has 1 aromatic heterocycles. The van der Waals surface area contributed by atoms with Gasteiger partial charge in [0.15, 0.2) is 0 Å². The van der Waals surface area contributed by atoms with Crippen molar-refractivity contribution in [1.82, 2.24) is 20.4 Å². The number of urea groups is 1. The summed E-state index contributed by atoms with van der Waals surface area (Å²) < 4.78 is 0. The molecule has 106 valence electrons. The number of piperidine rings is 1. The fourth-order valence-electron chi connectivity index (χ4n) is 2.59. The molecule has 2 rings (SSSR count). The quantitative estimate of drug-likeness (QED) is 0.818. The van der Waals surface area contributed by atoms with Crippen molar-refractivity contribution in [2.45, 2.75) is 39.5 Å². The Kier molecular flexibility index (Phi) is 4.82. The number of aryl methyl sites for hydroxylation is 2. The number of aromatic amines is 1. The SMILES string of the molecule is Cc1[nH]ncc1CCCNC(=O)N1CCCC(C)C1. The molecule has 1 atom stereocenters. The van der Waals surface area contributed by atoms with Gasteiger partial charge in [0.25, 0.3) is 0 Å². The lowest BCUT2D eigenvalue weighted by Crippen LogP contribution is -2.45. The molecule has 2 N–H and O–H groups in total. The van der Waals surface area contributed by atoms with E-state index in [0.717, 1.165) is 44.6 Å². The van der Waals surface area contributed by atoms with Gasteiger partial charge in [0.05, 0.1) is 6.20 Å². The van der Waals surface area contributed by atoms with Gasteiger partial charge in [-0.15, -0.1) is 0 Å². The predicted octanol–water partition coefficient (Wildman–Crippen LogP) is 2.09. The van der Waals surface area contributed by atoms with Crippen LogP contribution in [-0.4, -0.2) is 40.8 Å². The molecule has 1 unspecified atom stereocenters. The number of hydrogen-bond donors (Lipinski definition) is 2. The number of nitrogens with zero attached hydrogens (tertiary/aromatic N) is 2. The van der Waals surface area contributed by atoms with Crippen LogP contribution in [0.1, 0.15) is 37.4 Å². The van der Waals surface area contributed by atoms with Gasteiger partial charge in [0.1, 0.15) is 0 Å². The van der Waals surface area contributed by atoms with E-state index in [-0.39, 0.29) is 6.03 Å². The lowest BCUT2D eigenvalue weighted by molar-refractivity contribution is 0.170. The zero-order valence-corrected chi connectivity index (χ0v) is 11.9. The third kappa shape index (κ3) is 3.98. The average Bonchev–Trinajstić information content (AvgIpc) is 2.80. The van der Waals surface area contributed by atoms with Crippen LogP contribution in [0.3, 0.4) is 0 Å². The van der Waals surface area contributed by atoms with Gasteiger partial charge < -0.3 is 10.2 Å². The van der Waals surface area contributed by atoms with Gasteiger partial charge in [0.2, 0.25) is 0 Å². The maximum atomic E-state index is 12.0. The molecule has 0 aliphatic carbocycles. The Labute approximate surface area is 114 Å². The molecule has 1 fully saturated rings. The Morgan fingerprint density at radius 3 is 3.16 bits per heavy atom. The van der Waals surface area contributed by atoms with E-state index in [1.165, 1.54) is 12.0 Å². The highest BCUT2D eigenvalue weighted by Gasteiger charge is 2.20. The molecular weight excluding hydrogens is 240 g/mol. The minimum Gasteiger partial charge on any atom is -0.338 e. The smallest absolute Gasteiger partial charge is 0.317 e. The molecule has 0 saturated carbocycles. The summed E-state index contributed by atoms with van der Waals surface area (Å²) in [7, 11) is 0. The monoisotopic (exact) mass is 264 g/mol. The van der Waals surface area contributed by atoms with Gasteiger partial charge in [-0.05, 0) is 44.1 Å². The lowest BCUT2D eigenvalue weighted by Gasteiger charge is -2.30. The van der Waals surface area contributed by atoms with Crippen molar-refractivity contribution in [3.05, 3.63) is 17.5 Å². The highest BCUT2D eigenvalue weighted by Crippen LogP contribution is 2.15. The van der Waals surface area contributed by atoms with E-state index in [1.807, 2.05) is 18.0 Å². The van der Waals surface area contributed by atoms with E-state index in [1.54, 1.807) is 0 Å². The van der Waals surface area contributed by atoms with Crippen LogP contribution in [0.4, 0.5) is 4.79 Å². The highest BCUT2D eigenvalue weighted by atomic mass is 16.2. The fourth-order valence-corrected chi connectivity index (χ4v) is 2.59. The molecule has 1 aliphatic rings. The fraction of sp³-hybridized carbons (Fsp3) is 0.714. The molecule has 19 heavy (non-hydrogen) atoms. The summed E-state index contributed by atoms with van der Waals surface area (Å²) in [5, 5.41) is 9.94. The summed E-state index contributed by atoms with van der Waals surface area (Å²) in [5.74, 6) is 0.632. The van der Waals surface area contributed by atoms with Gasteiger partial charge >= 0.3 is 6.03 Å². The Balaban J connectivity index is 1.65. The Morgan fingerprint density at radius 1 is 1.63 bits per heavy atom. The van der Waals surface area contributed by atoms with Gasteiger partial charge in [-0.2, -0.15) is 5.10 Å². The summed E-state index contributed by atoms with van der Waals surface area (Å²) in [6.45, 7) is 6.76. The maximum Gasteiger partial charge on any atom is 0.317 e. The second kappa shape index (κ2) is 6.59. The minimum atomic E-state index is 0.0930. The Morgan fingerprint density at radius 2 is 2.47 bits per heavy atom. The average molecular weight is 264 g/mol. The highest BCUT2D eigenvalue weighted by molar-refractivity contribution is 5.74. The molecule has 1 aromatic rings. The molecule has 1 saturated heterocycles. The number of rotatable bonds is 4. The van der Waals surface area contributed by atoms with E-state index >= 15 is 0 Å². The van der Waals surface area contributed by atoms with Gasteiger partial charge in [-0.1, -0.05) is 6.92 Å². The first-order chi connectivity index (χ1) is 9.16. The number of hydrogen-bond acceptors (Lipinski definition) is 2. The van der Waals surface area contributed by atoms with Crippen molar-refractivity contribution in [1.29, 1.82) is 0 Å². The predicted molar refractivity (Wildman–Crippen MR) is 75.0 cm³/mol. The number of likely N-dealkylation sites (tertiary alicyclic amines) is 1. The van der Waals surface area contributed by atoms with Crippen LogP contribution in [0.5, 0.6) is 0 Å². The van der Waals surface area contributed by atoms with Crippen LogP contribution in [0, 0.1) is 12.8 Å². The van der Waals surface area contributed by atoms with Crippen molar-refractivity contribution >= 4 is 6.03 Å². The van der Waals surface area contributed by atoms with Crippen LogP contribution < -0.4 is 5.32 Å². The zero-order valence-electron chi connectivity index (χ0n) is 11.9. The molecule has 5 nitrogen and oxygen atoms in total. The van der Waals surface area contributed by atoms with Crippen LogP contribution in [-0.2, 0) is 6.42 Å². The number of nitrogens with one attached hydrogen (secondary N) is 2.